The molecule has 0 radical (unpaired) electrons. The van der Waals surface area contributed by atoms with Gasteiger partial charge in [-0.2, -0.15) is 5.10 Å². The fraction of sp³-hybridized carbons (Fsp3) is 0.438. The van der Waals surface area contributed by atoms with Crippen LogP contribution in [0.5, 0.6) is 11.5 Å². The topological polar surface area (TPSA) is 50.4 Å². The van der Waals surface area contributed by atoms with Crippen molar-refractivity contribution in [1.82, 2.24) is 15.1 Å². The Hall–Kier alpha value is -2.01. The standard InChI is InChI=1S/C16H21N3O2/c1-4-19-8-7-13-12(10-19)16(18-17-13)11-5-6-14(20-2)15(9-11)21-3/h5-6,9H,4,7-8,10H2,1-3H3,(H,17,18). The number of aromatic amines is 1. The molecule has 1 aliphatic rings. The Bertz CT molecular complexity index is 636. The van der Waals surface area contributed by atoms with Gasteiger partial charge in [-0.3, -0.25) is 10.00 Å². The molecule has 2 aromatic rings. The third kappa shape index (κ3) is 2.49. The zero-order valence-corrected chi connectivity index (χ0v) is 12.8. The van der Waals surface area contributed by atoms with Crippen LogP contribution >= 0.6 is 0 Å². The average molecular weight is 287 g/mol. The number of rotatable bonds is 4. The van der Waals surface area contributed by atoms with Gasteiger partial charge in [0.1, 0.15) is 0 Å². The lowest BCUT2D eigenvalue weighted by atomic mass is 10.0. The van der Waals surface area contributed by atoms with E-state index in [4.69, 9.17) is 9.47 Å². The predicted octanol–water partition coefficient (Wildman–Crippen LogP) is 2.47. The van der Waals surface area contributed by atoms with Crippen molar-refractivity contribution >= 4 is 0 Å². The molecular formula is C16H21N3O2. The highest BCUT2D eigenvalue weighted by Crippen LogP contribution is 2.34. The van der Waals surface area contributed by atoms with Gasteiger partial charge in [0, 0.05) is 36.3 Å². The highest BCUT2D eigenvalue weighted by atomic mass is 16.5. The van der Waals surface area contributed by atoms with E-state index in [2.05, 4.69) is 22.0 Å². The van der Waals surface area contributed by atoms with Crippen LogP contribution in [-0.4, -0.2) is 42.4 Å². The average Bonchev–Trinajstić information content (AvgIpc) is 2.97. The summed E-state index contributed by atoms with van der Waals surface area (Å²) < 4.78 is 10.7. The molecule has 5 nitrogen and oxygen atoms in total. The Labute approximate surface area is 124 Å². The molecule has 0 atom stereocenters. The molecule has 2 heterocycles. The minimum absolute atomic E-state index is 0.731. The number of methoxy groups -OCH3 is 2. The number of ether oxygens (including phenoxy) is 2. The molecule has 0 spiro atoms. The summed E-state index contributed by atoms with van der Waals surface area (Å²) >= 11 is 0. The second-order valence-electron chi connectivity index (χ2n) is 5.22. The summed E-state index contributed by atoms with van der Waals surface area (Å²) in [5, 5.41) is 7.71. The molecule has 0 fully saturated rings. The predicted molar refractivity (Wildman–Crippen MR) is 81.8 cm³/mol. The van der Waals surface area contributed by atoms with E-state index in [0.29, 0.717) is 0 Å². The van der Waals surface area contributed by atoms with E-state index in [1.807, 2.05) is 18.2 Å². The van der Waals surface area contributed by atoms with Crippen LogP contribution in [0.15, 0.2) is 18.2 Å². The van der Waals surface area contributed by atoms with Crippen LogP contribution in [0.1, 0.15) is 18.2 Å². The van der Waals surface area contributed by atoms with E-state index in [9.17, 15) is 0 Å². The molecule has 0 saturated carbocycles. The van der Waals surface area contributed by atoms with Crippen LogP contribution in [0.2, 0.25) is 0 Å². The number of hydrogen-bond donors (Lipinski definition) is 1. The number of benzene rings is 1. The van der Waals surface area contributed by atoms with Crippen LogP contribution in [0, 0.1) is 0 Å². The summed E-state index contributed by atoms with van der Waals surface area (Å²) in [4.78, 5) is 2.43. The number of nitrogens with zero attached hydrogens (tertiary/aromatic N) is 2. The maximum atomic E-state index is 5.39. The summed E-state index contributed by atoms with van der Waals surface area (Å²) in [6.45, 7) is 5.31. The molecule has 0 amide bonds. The summed E-state index contributed by atoms with van der Waals surface area (Å²) in [5.41, 5.74) is 4.63. The van der Waals surface area contributed by atoms with Crippen molar-refractivity contribution < 1.29 is 9.47 Å². The Morgan fingerprint density at radius 1 is 1.24 bits per heavy atom. The SMILES string of the molecule is CCN1CCc2[nH]nc(-c3ccc(OC)c(OC)c3)c2C1. The molecule has 112 valence electrons. The quantitative estimate of drug-likeness (QED) is 0.938. The molecule has 0 aliphatic carbocycles. The van der Waals surface area contributed by atoms with Gasteiger partial charge >= 0.3 is 0 Å². The van der Waals surface area contributed by atoms with Crippen molar-refractivity contribution in [3.05, 3.63) is 29.5 Å². The Morgan fingerprint density at radius 2 is 2.05 bits per heavy atom. The number of aromatic nitrogens is 2. The molecule has 1 aromatic carbocycles. The first-order valence-electron chi connectivity index (χ1n) is 7.27. The Kier molecular flexibility index (Phi) is 3.84. The lowest BCUT2D eigenvalue weighted by Crippen LogP contribution is -2.30. The molecule has 0 bridgehead atoms. The normalized spacial score (nSPS) is 14.8. The molecule has 3 rings (SSSR count). The van der Waals surface area contributed by atoms with Crippen molar-refractivity contribution in [2.75, 3.05) is 27.3 Å². The first-order valence-corrected chi connectivity index (χ1v) is 7.27. The molecule has 1 aliphatic heterocycles. The summed E-state index contributed by atoms with van der Waals surface area (Å²) in [6, 6.07) is 5.94. The molecule has 0 unspecified atom stereocenters. The zero-order valence-electron chi connectivity index (χ0n) is 12.8. The smallest absolute Gasteiger partial charge is 0.161 e. The number of likely N-dealkylation sites (N-methyl/N-ethyl adjacent to an activating group) is 1. The second-order valence-corrected chi connectivity index (χ2v) is 5.22. The zero-order chi connectivity index (χ0) is 14.8. The molecule has 1 N–H and O–H groups in total. The van der Waals surface area contributed by atoms with Gasteiger partial charge in [0.05, 0.1) is 19.9 Å². The van der Waals surface area contributed by atoms with Crippen LogP contribution in [0.3, 0.4) is 0 Å². The fourth-order valence-corrected chi connectivity index (χ4v) is 2.84. The maximum absolute atomic E-state index is 5.39. The molecule has 5 heteroatoms. The minimum Gasteiger partial charge on any atom is -0.493 e. The first kappa shape index (κ1) is 13.9. The van der Waals surface area contributed by atoms with Gasteiger partial charge in [-0.1, -0.05) is 6.92 Å². The van der Waals surface area contributed by atoms with Crippen LogP contribution < -0.4 is 9.47 Å². The van der Waals surface area contributed by atoms with Crippen molar-refractivity contribution in [3.8, 4) is 22.8 Å². The van der Waals surface area contributed by atoms with Crippen LogP contribution in [0.4, 0.5) is 0 Å². The van der Waals surface area contributed by atoms with Gasteiger partial charge in [0.25, 0.3) is 0 Å². The largest absolute Gasteiger partial charge is 0.493 e. The second kappa shape index (κ2) is 5.77. The number of nitrogens with one attached hydrogen (secondary N) is 1. The van der Waals surface area contributed by atoms with E-state index in [1.165, 1.54) is 11.3 Å². The minimum atomic E-state index is 0.731. The van der Waals surface area contributed by atoms with E-state index >= 15 is 0 Å². The number of hydrogen-bond acceptors (Lipinski definition) is 4. The molecule has 1 aromatic heterocycles. The molecular weight excluding hydrogens is 266 g/mol. The summed E-state index contributed by atoms with van der Waals surface area (Å²) in [6.07, 6.45) is 1.03. The van der Waals surface area contributed by atoms with Crippen molar-refractivity contribution in [2.45, 2.75) is 19.9 Å². The third-order valence-corrected chi connectivity index (χ3v) is 4.12. The van der Waals surface area contributed by atoms with Crippen molar-refractivity contribution in [1.29, 1.82) is 0 Å². The van der Waals surface area contributed by atoms with E-state index < -0.39 is 0 Å². The monoisotopic (exact) mass is 287 g/mol. The van der Waals surface area contributed by atoms with E-state index in [1.54, 1.807) is 14.2 Å². The Balaban J connectivity index is 2.00. The van der Waals surface area contributed by atoms with Gasteiger partial charge in [-0.25, -0.2) is 0 Å². The van der Waals surface area contributed by atoms with E-state index in [0.717, 1.165) is 48.8 Å². The van der Waals surface area contributed by atoms with Gasteiger partial charge in [0.15, 0.2) is 11.5 Å². The first-order chi connectivity index (χ1) is 10.3. The highest BCUT2D eigenvalue weighted by Gasteiger charge is 2.22. The van der Waals surface area contributed by atoms with Gasteiger partial charge in [-0.05, 0) is 24.7 Å². The lowest BCUT2D eigenvalue weighted by Gasteiger charge is -2.25. The van der Waals surface area contributed by atoms with Crippen LogP contribution in [-0.2, 0) is 13.0 Å². The van der Waals surface area contributed by atoms with E-state index in [-0.39, 0.29) is 0 Å². The maximum Gasteiger partial charge on any atom is 0.161 e. The highest BCUT2D eigenvalue weighted by molar-refractivity contribution is 5.67. The summed E-state index contributed by atoms with van der Waals surface area (Å²) in [5.74, 6) is 1.47. The van der Waals surface area contributed by atoms with Crippen LogP contribution in [0.25, 0.3) is 11.3 Å². The number of H-pyrrole nitrogens is 1. The number of fused-ring (bicyclic) bond motifs is 1. The molecule has 0 saturated heterocycles. The van der Waals surface area contributed by atoms with Crippen molar-refractivity contribution in [3.63, 3.8) is 0 Å². The summed E-state index contributed by atoms with van der Waals surface area (Å²) in [7, 11) is 3.30. The molecule has 21 heavy (non-hydrogen) atoms. The lowest BCUT2D eigenvalue weighted by molar-refractivity contribution is 0.267. The van der Waals surface area contributed by atoms with Crippen molar-refractivity contribution in [2.24, 2.45) is 0 Å². The Morgan fingerprint density at radius 3 is 2.76 bits per heavy atom. The fourth-order valence-electron chi connectivity index (χ4n) is 2.84. The van der Waals surface area contributed by atoms with Gasteiger partial charge in [-0.15, -0.1) is 0 Å². The van der Waals surface area contributed by atoms with Gasteiger partial charge in [0.2, 0.25) is 0 Å². The third-order valence-electron chi connectivity index (χ3n) is 4.12. The van der Waals surface area contributed by atoms with Gasteiger partial charge < -0.3 is 9.47 Å².